The van der Waals surface area contributed by atoms with Crippen molar-refractivity contribution in [1.29, 1.82) is 0 Å². The van der Waals surface area contributed by atoms with E-state index < -0.39 is 11.4 Å². The van der Waals surface area contributed by atoms with Gasteiger partial charge in [0.2, 0.25) is 5.43 Å². The lowest BCUT2D eigenvalue weighted by Gasteiger charge is -2.39. The number of Topliss-reactive ketones (excluding diaryl/α,β-unsaturated/α-hetero) is 1. The molecule has 1 saturated heterocycles. The Hall–Kier alpha value is -3.11. The molecular weight excluding hydrogens is 468 g/mol. The molecule has 4 heterocycles. The molecular formula is C25H28N4O5S. The minimum Gasteiger partial charge on any atom is -0.477 e. The van der Waals surface area contributed by atoms with E-state index in [1.54, 1.807) is 17.6 Å². The summed E-state index contributed by atoms with van der Waals surface area (Å²) in [4.78, 5) is 48.9. The van der Waals surface area contributed by atoms with Crippen LogP contribution in [-0.4, -0.2) is 57.7 Å². The quantitative estimate of drug-likeness (QED) is 0.424. The van der Waals surface area contributed by atoms with E-state index in [1.807, 2.05) is 17.2 Å². The Morgan fingerprint density at radius 1 is 1.26 bits per heavy atom. The maximum absolute atomic E-state index is 13.0. The number of fused-ring (bicyclic) bond motifs is 1. The number of pyridine rings is 2. The molecule has 0 spiro atoms. The summed E-state index contributed by atoms with van der Waals surface area (Å²) in [5, 5.41) is 12.5. The number of thiazole rings is 1. The van der Waals surface area contributed by atoms with Crippen LogP contribution in [0.15, 0.2) is 22.4 Å². The zero-order valence-electron chi connectivity index (χ0n) is 19.8. The molecule has 9 nitrogen and oxygen atoms in total. The van der Waals surface area contributed by atoms with Crippen molar-refractivity contribution in [3.05, 3.63) is 44.7 Å². The van der Waals surface area contributed by atoms with Crippen LogP contribution < -0.4 is 10.3 Å². The Bertz CT molecular complexity index is 1350. The van der Waals surface area contributed by atoms with Crippen molar-refractivity contribution in [3.8, 4) is 5.13 Å². The van der Waals surface area contributed by atoms with E-state index in [4.69, 9.17) is 14.7 Å². The molecule has 2 aliphatic rings. The first kappa shape index (κ1) is 23.6. The lowest BCUT2D eigenvalue weighted by atomic mass is 9.92. The van der Waals surface area contributed by atoms with Gasteiger partial charge in [-0.25, -0.2) is 14.8 Å². The lowest BCUT2D eigenvalue weighted by molar-refractivity contribution is -0.123. The summed E-state index contributed by atoms with van der Waals surface area (Å²) in [5.41, 5.74) is 1.18. The van der Waals surface area contributed by atoms with Gasteiger partial charge in [-0.15, -0.1) is 11.3 Å². The van der Waals surface area contributed by atoms with E-state index in [0.29, 0.717) is 60.8 Å². The van der Waals surface area contributed by atoms with Crippen LogP contribution >= 0.6 is 11.3 Å². The molecule has 1 aliphatic carbocycles. The Morgan fingerprint density at radius 2 is 2.03 bits per heavy atom. The minimum absolute atomic E-state index is 0.0360. The maximum atomic E-state index is 13.0. The number of hydrogen-bond acceptors (Lipinski definition) is 8. The molecule has 0 aromatic carbocycles. The number of aromatic carboxylic acids is 1. The summed E-state index contributed by atoms with van der Waals surface area (Å²) in [6.45, 7) is 6.13. The molecule has 184 valence electrons. The highest BCUT2D eigenvalue weighted by Gasteiger charge is 2.34. The summed E-state index contributed by atoms with van der Waals surface area (Å²) in [7, 11) is 0. The monoisotopic (exact) mass is 496 g/mol. The van der Waals surface area contributed by atoms with Crippen LogP contribution in [0.1, 0.15) is 60.1 Å². The molecule has 0 atom stereocenters. The van der Waals surface area contributed by atoms with E-state index in [-0.39, 0.29) is 22.7 Å². The fourth-order valence-corrected chi connectivity index (χ4v) is 5.34. The van der Waals surface area contributed by atoms with Gasteiger partial charge in [-0.3, -0.25) is 14.2 Å². The van der Waals surface area contributed by atoms with E-state index in [2.05, 4.69) is 0 Å². The largest absolute Gasteiger partial charge is 0.477 e. The predicted octanol–water partition coefficient (Wildman–Crippen LogP) is 3.55. The molecule has 0 radical (unpaired) electrons. The number of ether oxygens (including phenoxy) is 1. The van der Waals surface area contributed by atoms with Crippen LogP contribution in [0.3, 0.4) is 0 Å². The van der Waals surface area contributed by atoms with Gasteiger partial charge < -0.3 is 14.7 Å². The normalized spacial score (nSPS) is 16.0. The van der Waals surface area contributed by atoms with Crippen molar-refractivity contribution in [2.24, 2.45) is 5.92 Å². The van der Waals surface area contributed by atoms with Crippen LogP contribution in [0.5, 0.6) is 0 Å². The van der Waals surface area contributed by atoms with Crippen molar-refractivity contribution in [3.63, 3.8) is 0 Å². The zero-order valence-corrected chi connectivity index (χ0v) is 20.6. The van der Waals surface area contributed by atoms with Crippen molar-refractivity contribution >= 4 is 39.9 Å². The second-order valence-electron chi connectivity index (χ2n) is 9.24. The van der Waals surface area contributed by atoms with E-state index in [0.717, 1.165) is 25.0 Å². The van der Waals surface area contributed by atoms with Gasteiger partial charge in [-0.05, 0) is 44.7 Å². The van der Waals surface area contributed by atoms with Crippen molar-refractivity contribution in [1.82, 2.24) is 14.5 Å². The van der Waals surface area contributed by atoms with Crippen LogP contribution in [0.2, 0.25) is 0 Å². The minimum atomic E-state index is -1.28. The molecule has 35 heavy (non-hydrogen) atoms. The highest BCUT2D eigenvalue weighted by molar-refractivity contribution is 7.12. The standard InChI is InChI=1S/C25H28N4O5S/c1-3-34-8-4-5-19(30)16-10-28(11-16)20-9-14(2)21-22(31)17(24(32)33)12-29(23(21)27-20)25-26-18(13-35-25)15-6-7-15/h9,12-13,15-16H,3-8,10-11H2,1-2H3,(H,32,33). The number of aryl methyl sites for hydroxylation is 1. The Balaban J connectivity index is 1.46. The van der Waals surface area contributed by atoms with Crippen molar-refractivity contribution in [2.45, 2.75) is 45.4 Å². The van der Waals surface area contributed by atoms with Gasteiger partial charge in [0.05, 0.1) is 17.0 Å². The van der Waals surface area contributed by atoms with Crippen LogP contribution in [0.4, 0.5) is 5.82 Å². The topological polar surface area (TPSA) is 115 Å². The second-order valence-corrected chi connectivity index (χ2v) is 10.1. The lowest BCUT2D eigenvalue weighted by Crippen LogP contribution is -2.51. The van der Waals surface area contributed by atoms with Gasteiger partial charge in [-0.1, -0.05) is 0 Å². The Morgan fingerprint density at radius 3 is 2.71 bits per heavy atom. The molecule has 3 aromatic rings. The van der Waals surface area contributed by atoms with Gasteiger partial charge in [0.25, 0.3) is 0 Å². The maximum Gasteiger partial charge on any atom is 0.341 e. The van der Waals surface area contributed by atoms with Crippen molar-refractivity contribution in [2.75, 3.05) is 31.2 Å². The number of carbonyl (C=O) groups is 2. The van der Waals surface area contributed by atoms with E-state index in [9.17, 15) is 19.5 Å². The molecule has 1 N–H and O–H groups in total. The number of hydrogen-bond donors (Lipinski definition) is 1. The van der Waals surface area contributed by atoms with Gasteiger partial charge in [0.15, 0.2) is 10.8 Å². The highest BCUT2D eigenvalue weighted by atomic mass is 32.1. The Kier molecular flexibility index (Phi) is 6.41. The number of anilines is 1. The smallest absolute Gasteiger partial charge is 0.341 e. The summed E-state index contributed by atoms with van der Waals surface area (Å²) in [6, 6.07) is 1.80. The fraction of sp³-hybridized carbons (Fsp3) is 0.480. The van der Waals surface area contributed by atoms with E-state index >= 15 is 0 Å². The number of rotatable bonds is 10. The first-order chi connectivity index (χ1) is 16.9. The second kappa shape index (κ2) is 9.50. The highest BCUT2D eigenvalue weighted by Crippen LogP contribution is 2.41. The molecule has 10 heteroatoms. The first-order valence-electron chi connectivity index (χ1n) is 12.0. The predicted molar refractivity (Wildman–Crippen MR) is 133 cm³/mol. The van der Waals surface area contributed by atoms with E-state index in [1.165, 1.54) is 17.5 Å². The molecule has 0 unspecified atom stereocenters. The molecule has 1 aliphatic heterocycles. The average molecular weight is 497 g/mol. The third-order valence-electron chi connectivity index (χ3n) is 6.66. The number of carbonyl (C=O) groups excluding carboxylic acids is 1. The van der Waals surface area contributed by atoms with Crippen LogP contribution in [0.25, 0.3) is 16.2 Å². The molecule has 0 bridgehead atoms. The number of carboxylic acids is 1. The summed E-state index contributed by atoms with van der Waals surface area (Å²) < 4.78 is 6.95. The fourth-order valence-electron chi connectivity index (χ4n) is 4.46. The third-order valence-corrected chi connectivity index (χ3v) is 7.52. The number of carboxylic acid groups (broad SMARTS) is 1. The summed E-state index contributed by atoms with van der Waals surface area (Å²) in [5.74, 6) is 0.0481. The molecule has 5 rings (SSSR count). The summed E-state index contributed by atoms with van der Waals surface area (Å²) in [6.07, 6.45) is 4.78. The average Bonchev–Trinajstić information content (AvgIpc) is 3.52. The first-order valence-corrected chi connectivity index (χ1v) is 12.9. The van der Waals surface area contributed by atoms with Gasteiger partial charge in [0.1, 0.15) is 17.2 Å². The van der Waals surface area contributed by atoms with Crippen molar-refractivity contribution < 1.29 is 19.4 Å². The number of ketones is 1. The SMILES string of the molecule is CCOCCCC(=O)C1CN(c2cc(C)c3c(=O)c(C(=O)O)cn(-c4nc(C5CC5)cs4)c3n2)C1. The molecule has 3 aromatic heterocycles. The molecule has 2 fully saturated rings. The third kappa shape index (κ3) is 4.60. The van der Waals surface area contributed by atoms with Crippen LogP contribution in [0, 0.1) is 12.8 Å². The molecule has 0 amide bonds. The van der Waals surface area contributed by atoms with Gasteiger partial charge >= 0.3 is 5.97 Å². The zero-order chi connectivity index (χ0) is 24.7. The van der Waals surface area contributed by atoms with Gasteiger partial charge in [0, 0.05) is 50.2 Å². The van der Waals surface area contributed by atoms with Crippen LogP contribution in [-0.2, 0) is 9.53 Å². The molecule has 1 saturated carbocycles. The number of nitrogens with zero attached hydrogens (tertiary/aromatic N) is 4. The number of aromatic nitrogens is 3. The Labute approximate surface area is 206 Å². The van der Waals surface area contributed by atoms with Gasteiger partial charge in [-0.2, -0.15) is 0 Å². The summed E-state index contributed by atoms with van der Waals surface area (Å²) >= 11 is 1.42.